The fourth-order valence-electron chi connectivity index (χ4n) is 1.52. The largest absolute Gasteiger partial charge is 0.393 e. The van der Waals surface area contributed by atoms with Crippen molar-refractivity contribution in [2.75, 3.05) is 13.6 Å². The molecular formula is C14H19FN2O3. The van der Waals surface area contributed by atoms with Crippen LogP contribution in [0.2, 0.25) is 0 Å². The molecule has 0 bridgehead atoms. The molecule has 2 N–H and O–H groups in total. The molecule has 0 heterocycles. The molecule has 110 valence electrons. The highest BCUT2D eigenvalue weighted by molar-refractivity contribution is 6.34. The summed E-state index contributed by atoms with van der Waals surface area (Å²) in [4.78, 5) is 24.6. The van der Waals surface area contributed by atoms with E-state index in [4.69, 9.17) is 5.11 Å². The van der Waals surface area contributed by atoms with Gasteiger partial charge in [0.1, 0.15) is 5.82 Å². The van der Waals surface area contributed by atoms with E-state index < -0.39 is 17.9 Å². The Morgan fingerprint density at radius 3 is 2.50 bits per heavy atom. The maximum Gasteiger partial charge on any atom is 0.311 e. The van der Waals surface area contributed by atoms with Crippen LogP contribution in [0.3, 0.4) is 0 Å². The number of nitrogens with zero attached hydrogens (tertiary/aromatic N) is 1. The summed E-state index contributed by atoms with van der Waals surface area (Å²) >= 11 is 0. The normalized spacial score (nSPS) is 11.8. The van der Waals surface area contributed by atoms with E-state index in [0.29, 0.717) is 18.5 Å². The molecule has 0 spiro atoms. The van der Waals surface area contributed by atoms with Gasteiger partial charge in [0.2, 0.25) is 0 Å². The Kier molecular flexibility index (Phi) is 6.11. The van der Waals surface area contributed by atoms with Crippen molar-refractivity contribution in [1.29, 1.82) is 0 Å². The van der Waals surface area contributed by atoms with Gasteiger partial charge < -0.3 is 15.3 Å². The molecular weight excluding hydrogens is 263 g/mol. The van der Waals surface area contributed by atoms with Crippen LogP contribution in [-0.4, -0.2) is 41.5 Å². The number of carbonyl (C=O) groups is 2. The summed E-state index contributed by atoms with van der Waals surface area (Å²) in [6.07, 6.45) is -0.111. The topological polar surface area (TPSA) is 69.6 Å². The van der Waals surface area contributed by atoms with Gasteiger partial charge in [-0.15, -0.1) is 0 Å². The van der Waals surface area contributed by atoms with Gasteiger partial charge in [-0.1, -0.05) is 12.1 Å². The second kappa shape index (κ2) is 7.59. The Bertz CT molecular complexity index is 460. The Labute approximate surface area is 117 Å². The maximum atomic E-state index is 12.7. The van der Waals surface area contributed by atoms with Gasteiger partial charge in [-0.3, -0.25) is 9.59 Å². The molecule has 1 unspecified atom stereocenters. The number of rotatable bonds is 5. The number of halogens is 1. The van der Waals surface area contributed by atoms with E-state index in [-0.39, 0.29) is 12.4 Å². The second-order valence-corrected chi connectivity index (χ2v) is 4.67. The lowest BCUT2D eigenvalue weighted by atomic mass is 10.2. The molecule has 1 aromatic carbocycles. The highest BCUT2D eigenvalue weighted by Crippen LogP contribution is 2.02. The van der Waals surface area contributed by atoms with Crippen LogP contribution in [0.5, 0.6) is 0 Å². The van der Waals surface area contributed by atoms with Crippen molar-refractivity contribution < 1.29 is 19.1 Å². The van der Waals surface area contributed by atoms with Crippen LogP contribution < -0.4 is 5.32 Å². The molecule has 1 aromatic rings. The van der Waals surface area contributed by atoms with E-state index in [2.05, 4.69) is 5.32 Å². The molecule has 1 rings (SSSR count). The summed E-state index contributed by atoms with van der Waals surface area (Å²) in [7, 11) is 1.50. The average Bonchev–Trinajstić information content (AvgIpc) is 2.42. The number of likely N-dealkylation sites (N-methyl/N-ethyl adjacent to an activating group) is 1. The third kappa shape index (κ3) is 5.36. The summed E-state index contributed by atoms with van der Waals surface area (Å²) in [6, 6.07) is 5.66. The van der Waals surface area contributed by atoms with E-state index in [1.165, 1.54) is 36.2 Å². The monoisotopic (exact) mass is 282 g/mol. The standard InChI is InChI=1S/C14H19FN2O3/c1-10(18)7-8-17(2)14(20)13(19)16-9-11-3-5-12(15)6-4-11/h3-6,10,18H,7-9H2,1-2H3,(H,16,19). The molecule has 5 nitrogen and oxygen atoms in total. The van der Waals surface area contributed by atoms with E-state index in [0.717, 1.165) is 0 Å². The molecule has 0 saturated carbocycles. The van der Waals surface area contributed by atoms with Gasteiger partial charge in [-0.2, -0.15) is 0 Å². The number of aliphatic hydroxyl groups is 1. The molecule has 0 aliphatic carbocycles. The summed E-state index contributed by atoms with van der Waals surface area (Å²) in [5.74, 6) is -1.73. The predicted octanol–water partition coefficient (Wildman–Crippen LogP) is 0.671. The van der Waals surface area contributed by atoms with Crippen LogP contribution in [0.1, 0.15) is 18.9 Å². The summed E-state index contributed by atoms with van der Waals surface area (Å²) < 4.78 is 12.7. The third-order valence-corrected chi connectivity index (χ3v) is 2.79. The minimum absolute atomic E-state index is 0.162. The zero-order valence-corrected chi connectivity index (χ0v) is 11.6. The fourth-order valence-corrected chi connectivity index (χ4v) is 1.52. The van der Waals surface area contributed by atoms with Gasteiger partial charge in [0.25, 0.3) is 0 Å². The third-order valence-electron chi connectivity index (χ3n) is 2.79. The predicted molar refractivity (Wildman–Crippen MR) is 72.2 cm³/mol. The van der Waals surface area contributed by atoms with Crippen molar-refractivity contribution in [1.82, 2.24) is 10.2 Å². The number of carbonyl (C=O) groups excluding carboxylic acids is 2. The van der Waals surface area contributed by atoms with Crippen molar-refractivity contribution in [2.45, 2.75) is 26.0 Å². The molecule has 0 aliphatic rings. The first-order valence-electron chi connectivity index (χ1n) is 6.36. The van der Waals surface area contributed by atoms with E-state index in [1.54, 1.807) is 6.92 Å². The summed E-state index contributed by atoms with van der Waals surface area (Å²) in [6.45, 7) is 2.09. The molecule has 2 amide bonds. The van der Waals surface area contributed by atoms with Crippen LogP contribution in [0.15, 0.2) is 24.3 Å². The van der Waals surface area contributed by atoms with Crippen molar-refractivity contribution in [2.24, 2.45) is 0 Å². The molecule has 20 heavy (non-hydrogen) atoms. The molecule has 1 atom stereocenters. The molecule has 0 aliphatic heterocycles. The second-order valence-electron chi connectivity index (χ2n) is 4.67. The number of hydrogen-bond donors (Lipinski definition) is 2. The Balaban J connectivity index is 2.41. The lowest BCUT2D eigenvalue weighted by molar-refractivity contribution is -0.145. The number of amides is 2. The Morgan fingerprint density at radius 1 is 1.35 bits per heavy atom. The smallest absolute Gasteiger partial charge is 0.311 e. The average molecular weight is 282 g/mol. The first-order valence-corrected chi connectivity index (χ1v) is 6.36. The van der Waals surface area contributed by atoms with Gasteiger partial charge in [-0.25, -0.2) is 4.39 Å². The number of benzene rings is 1. The molecule has 0 fully saturated rings. The van der Waals surface area contributed by atoms with Gasteiger partial charge >= 0.3 is 11.8 Å². The van der Waals surface area contributed by atoms with Gasteiger partial charge in [0, 0.05) is 20.1 Å². The van der Waals surface area contributed by atoms with Crippen LogP contribution in [0.25, 0.3) is 0 Å². The van der Waals surface area contributed by atoms with Crippen LogP contribution in [-0.2, 0) is 16.1 Å². The number of hydrogen-bond acceptors (Lipinski definition) is 3. The van der Waals surface area contributed by atoms with Crippen LogP contribution >= 0.6 is 0 Å². The van der Waals surface area contributed by atoms with Crippen LogP contribution in [0.4, 0.5) is 4.39 Å². The van der Waals surface area contributed by atoms with Crippen molar-refractivity contribution in [3.63, 3.8) is 0 Å². The lowest BCUT2D eigenvalue weighted by Gasteiger charge is -2.17. The van der Waals surface area contributed by atoms with E-state index in [9.17, 15) is 14.0 Å². The van der Waals surface area contributed by atoms with Gasteiger partial charge in [0.15, 0.2) is 0 Å². The van der Waals surface area contributed by atoms with Crippen LogP contribution in [0, 0.1) is 5.82 Å². The van der Waals surface area contributed by atoms with Gasteiger partial charge in [-0.05, 0) is 31.0 Å². The zero-order valence-electron chi connectivity index (χ0n) is 11.6. The summed E-state index contributed by atoms with van der Waals surface area (Å²) in [5.41, 5.74) is 0.708. The fraction of sp³-hybridized carbons (Fsp3) is 0.429. The molecule has 0 aromatic heterocycles. The number of aliphatic hydroxyl groups excluding tert-OH is 1. The Hall–Kier alpha value is -1.95. The molecule has 0 saturated heterocycles. The maximum absolute atomic E-state index is 12.7. The van der Waals surface area contributed by atoms with Crippen molar-refractivity contribution in [3.8, 4) is 0 Å². The first-order chi connectivity index (χ1) is 9.40. The minimum Gasteiger partial charge on any atom is -0.393 e. The Morgan fingerprint density at radius 2 is 1.95 bits per heavy atom. The van der Waals surface area contributed by atoms with E-state index >= 15 is 0 Å². The molecule has 0 radical (unpaired) electrons. The highest BCUT2D eigenvalue weighted by atomic mass is 19.1. The van der Waals surface area contributed by atoms with Crippen molar-refractivity contribution >= 4 is 11.8 Å². The summed E-state index contributed by atoms with van der Waals surface area (Å²) in [5, 5.41) is 11.6. The van der Waals surface area contributed by atoms with Gasteiger partial charge in [0.05, 0.1) is 6.10 Å². The SMILES string of the molecule is CC(O)CCN(C)C(=O)C(=O)NCc1ccc(F)cc1. The molecule has 6 heteroatoms. The van der Waals surface area contributed by atoms with Crippen molar-refractivity contribution in [3.05, 3.63) is 35.6 Å². The lowest BCUT2D eigenvalue weighted by Crippen LogP contribution is -2.41. The highest BCUT2D eigenvalue weighted by Gasteiger charge is 2.18. The number of nitrogens with one attached hydrogen (secondary N) is 1. The minimum atomic E-state index is -0.720. The first kappa shape index (κ1) is 16.1. The van der Waals surface area contributed by atoms with E-state index in [1.807, 2.05) is 0 Å². The zero-order chi connectivity index (χ0) is 15.1. The quantitative estimate of drug-likeness (QED) is 0.780.